The van der Waals surface area contributed by atoms with Crippen molar-refractivity contribution in [2.75, 3.05) is 5.32 Å². The fraction of sp³-hybridized carbons (Fsp3) is 0.158. The molecule has 0 fully saturated rings. The third kappa shape index (κ3) is 4.24. The highest BCUT2D eigenvalue weighted by Gasteiger charge is 2.28. The van der Waals surface area contributed by atoms with Gasteiger partial charge in [0, 0.05) is 23.2 Å². The number of hydrogen-bond donors (Lipinski definition) is 3. The molecule has 0 saturated heterocycles. The van der Waals surface area contributed by atoms with Crippen LogP contribution in [0.1, 0.15) is 11.3 Å². The lowest BCUT2D eigenvalue weighted by atomic mass is 10.1. The number of nitrogens with one attached hydrogen (secondary N) is 3. The van der Waals surface area contributed by atoms with E-state index in [1.165, 1.54) is 6.07 Å². The molecule has 3 aromatic heterocycles. The van der Waals surface area contributed by atoms with Gasteiger partial charge in [-0.25, -0.2) is 8.42 Å². The van der Waals surface area contributed by atoms with Gasteiger partial charge in [-0.3, -0.25) is 4.79 Å². The Kier molecular flexibility index (Phi) is 5.22. The Morgan fingerprint density at radius 1 is 1.28 bits per heavy atom. The van der Waals surface area contributed by atoms with E-state index in [9.17, 15) is 13.2 Å². The lowest BCUT2D eigenvalue weighted by molar-refractivity contribution is -0.117. The van der Waals surface area contributed by atoms with E-state index in [1.54, 1.807) is 30.6 Å². The summed E-state index contributed by atoms with van der Waals surface area (Å²) in [5, 5.41) is 8.95. The third-order valence-electron chi connectivity index (χ3n) is 4.35. The molecule has 0 radical (unpaired) electrons. The lowest BCUT2D eigenvalue weighted by Gasteiger charge is -2.17. The highest BCUT2D eigenvalue weighted by Crippen LogP contribution is 2.21. The quantitative estimate of drug-likeness (QED) is 0.417. The zero-order chi connectivity index (χ0) is 20.4. The van der Waals surface area contributed by atoms with Crippen molar-refractivity contribution in [1.29, 1.82) is 0 Å². The van der Waals surface area contributed by atoms with Gasteiger partial charge < -0.3 is 14.8 Å². The van der Waals surface area contributed by atoms with Crippen molar-refractivity contribution in [3.05, 3.63) is 65.4 Å². The van der Waals surface area contributed by atoms with Crippen LogP contribution in [-0.4, -0.2) is 30.5 Å². The first kappa shape index (κ1) is 19.4. The van der Waals surface area contributed by atoms with E-state index in [-0.39, 0.29) is 16.4 Å². The number of aromatic nitrogens is 2. The van der Waals surface area contributed by atoms with E-state index in [0.29, 0.717) is 5.76 Å². The van der Waals surface area contributed by atoms with Crippen LogP contribution < -0.4 is 10.0 Å². The highest BCUT2D eigenvalue weighted by atomic mass is 32.2. The Hall–Kier alpha value is -2.95. The van der Waals surface area contributed by atoms with Crippen LogP contribution in [0.5, 0.6) is 0 Å². The van der Waals surface area contributed by atoms with E-state index >= 15 is 0 Å². The van der Waals surface area contributed by atoms with E-state index in [4.69, 9.17) is 4.52 Å². The van der Waals surface area contributed by atoms with Crippen molar-refractivity contribution in [2.24, 2.45) is 0 Å². The van der Waals surface area contributed by atoms with E-state index in [0.717, 1.165) is 27.8 Å². The van der Waals surface area contributed by atoms with Crippen LogP contribution in [0.3, 0.4) is 0 Å². The number of rotatable bonds is 7. The molecule has 0 saturated carbocycles. The average molecular weight is 431 g/mol. The molecule has 1 amide bonds. The molecule has 150 valence electrons. The Morgan fingerprint density at radius 2 is 2.10 bits per heavy atom. The predicted molar refractivity (Wildman–Crippen MR) is 110 cm³/mol. The van der Waals surface area contributed by atoms with Gasteiger partial charge in [0.1, 0.15) is 16.0 Å². The minimum atomic E-state index is -3.85. The van der Waals surface area contributed by atoms with Gasteiger partial charge in [0.25, 0.3) is 10.0 Å². The van der Waals surface area contributed by atoms with Gasteiger partial charge in [-0.05, 0) is 36.4 Å². The number of aryl methyl sites for hydroxylation is 1. The number of thiophene rings is 1. The number of fused-ring (bicyclic) bond motifs is 1. The Labute approximate surface area is 171 Å². The van der Waals surface area contributed by atoms with Crippen LogP contribution in [-0.2, 0) is 21.2 Å². The van der Waals surface area contributed by atoms with Gasteiger partial charge in [0.2, 0.25) is 5.91 Å². The average Bonchev–Trinajstić information content (AvgIpc) is 3.43. The fourth-order valence-electron chi connectivity index (χ4n) is 3.01. The van der Waals surface area contributed by atoms with Crippen molar-refractivity contribution in [3.63, 3.8) is 0 Å². The molecule has 8 nitrogen and oxygen atoms in total. The molecule has 0 aliphatic rings. The molecule has 0 unspecified atom stereocenters. The van der Waals surface area contributed by atoms with E-state index < -0.39 is 22.0 Å². The molecule has 0 aliphatic heterocycles. The maximum Gasteiger partial charge on any atom is 0.250 e. The standard InChI is InChI=1S/C19H18N4O4S2/c1-12-9-17(22-27-12)21-19(24)16(23-29(25,26)18-7-4-8-28-18)10-13-11-20-15-6-3-2-5-14(13)15/h2-9,11,16,20,23H,10H2,1H3,(H,21,22,24)/t16-/m0/s1. The maximum atomic E-state index is 12.9. The second-order valence-corrected chi connectivity index (χ2v) is 9.37. The number of hydrogen-bond acceptors (Lipinski definition) is 6. The first-order chi connectivity index (χ1) is 13.9. The largest absolute Gasteiger partial charge is 0.361 e. The number of carbonyl (C=O) groups is 1. The van der Waals surface area contributed by atoms with Crippen LogP contribution in [0.25, 0.3) is 10.9 Å². The Bertz CT molecular complexity index is 1240. The first-order valence-corrected chi connectivity index (χ1v) is 11.1. The van der Waals surface area contributed by atoms with Crippen LogP contribution in [0.15, 0.2) is 62.8 Å². The third-order valence-corrected chi connectivity index (χ3v) is 7.22. The van der Waals surface area contributed by atoms with Crippen molar-refractivity contribution in [3.8, 4) is 0 Å². The minimum absolute atomic E-state index is 0.145. The Balaban J connectivity index is 1.63. The number of para-hydroxylation sites is 1. The molecule has 4 aromatic rings. The molecule has 4 rings (SSSR count). The summed E-state index contributed by atoms with van der Waals surface area (Å²) in [4.78, 5) is 16.0. The van der Waals surface area contributed by atoms with Crippen molar-refractivity contribution in [2.45, 2.75) is 23.6 Å². The SMILES string of the molecule is Cc1cc(NC(=O)[C@H](Cc2c[nH]c3ccccc23)NS(=O)(=O)c2cccs2)no1. The zero-order valence-electron chi connectivity index (χ0n) is 15.4. The number of anilines is 1. The van der Waals surface area contributed by atoms with Crippen LogP contribution >= 0.6 is 11.3 Å². The number of aromatic amines is 1. The second kappa shape index (κ2) is 7.82. The van der Waals surface area contributed by atoms with Crippen molar-refractivity contribution < 1.29 is 17.7 Å². The molecule has 3 heterocycles. The summed E-state index contributed by atoms with van der Waals surface area (Å²) in [6.45, 7) is 1.70. The number of amides is 1. The minimum Gasteiger partial charge on any atom is -0.361 e. The number of carbonyl (C=O) groups excluding carboxylic acids is 1. The zero-order valence-corrected chi connectivity index (χ0v) is 17.0. The van der Waals surface area contributed by atoms with Gasteiger partial charge in [-0.1, -0.05) is 29.4 Å². The first-order valence-electron chi connectivity index (χ1n) is 8.77. The topological polar surface area (TPSA) is 117 Å². The summed E-state index contributed by atoms with van der Waals surface area (Å²) in [6.07, 6.45) is 1.95. The van der Waals surface area contributed by atoms with Gasteiger partial charge in [0.05, 0.1) is 0 Å². The summed E-state index contributed by atoms with van der Waals surface area (Å²) in [6, 6.07) is 11.3. The van der Waals surface area contributed by atoms with Gasteiger partial charge in [-0.15, -0.1) is 11.3 Å². The Morgan fingerprint density at radius 3 is 2.83 bits per heavy atom. The molecular formula is C19H18N4O4S2. The molecule has 0 aliphatic carbocycles. The molecule has 10 heteroatoms. The summed E-state index contributed by atoms with van der Waals surface area (Å²) in [5.74, 6) is 0.239. The van der Waals surface area contributed by atoms with Gasteiger partial charge in [-0.2, -0.15) is 4.72 Å². The molecular weight excluding hydrogens is 412 g/mol. The number of benzene rings is 1. The summed E-state index contributed by atoms with van der Waals surface area (Å²) >= 11 is 1.09. The second-order valence-electron chi connectivity index (χ2n) is 6.48. The van der Waals surface area contributed by atoms with Crippen LogP contribution in [0.2, 0.25) is 0 Å². The number of sulfonamides is 1. The van der Waals surface area contributed by atoms with Crippen LogP contribution in [0, 0.1) is 6.92 Å². The molecule has 29 heavy (non-hydrogen) atoms. The number of H-pyrrole nitrogens is 1. The van der Waals surface area contributed by atoms with Crippen molar-refractivity contribution >= 4 is 44.0 Å². The van der Waals surface area contributed by atoms with E-state index in [1.807, 2.05) is 24.3 Å². The smallest absolute Gasteiger partial charge is 0.250 e. The number of nitrogens with zero attached hydrogens (tertiary/aromatic N) is 1. The summed E-state index contributed by atoms with van der Waals surface area (Å²) in [7, 11) is -3.85. The maximum absolute atomic E-state index is 12.9. The molecule has 1 aromatic carbocycles. The fourth-order valence-corrected chi connectivity index (χ4v) is 5.21. The normalized spacial score (nSPS) is 12.9. The van der Waals surface area contributed by atoms with Gasteiger partial charge >= 0.3 is 0 Å². The highest BCUT2D eigenvalue weighted by molar-refractivity contribution is 7.91. The molecule has 0 spiro atoms. The predicted octanol–water partition coefficient (Wildman–Crippen LogP) is 3.05. The lowest BCUT2D eigenvalue weighted by Crippen LogP contribution is -2.45. The molecule has 1 atom stereocenters. The summed E-state index contributed by atoms with van der Waals surface area (Å²) in [5.41, 5.74) is 1.74. The van der Waals surface area contributed by atoms with E-state index in [2.05, 4.69) is 20.2 Å². The molecule has 3 N–H and O–H groups in total. The molecule has 0 bridgehead atoms. The van der Waals surface area contributed by atoms with Crippen LogP contribution in [0.4, 0.5) is 5.82 Å². The summed E-state index contributed by atoms with van der Waals surface area (Å²) < 4.78 is 33.1. The monoisotopic (exact) mass is 430 g/mol. The van der Waals surface area contributed by atoms with Gasteiger partial charge in [0.15, 0.2) is 5.82 Å². The van der Waals surface area contributed by atoms with Crippen molar-refractivity contribution in [1.82, 2.24) is 14.9 Å².